The summed E-state index contributed by atoms with van der Waals surface area (Å²) in [5.74, 6) is 0.557. The lowest BCUT2D eigenvalue weighted by Gasteiger charge is -2.34. The molecular weight excluding hydrogens is 258 g/mol. The van der Waals surface area contributed by atoms with E-state index in [0.29, 0.717) is 24.6 Å². The van der Waals surface area contributed by atoms with Crippen molar-refractivity contribution >= 4 is 11.7 Å². The van der Waals surface area contributed by atoms with Gasteiger partial charge in [-0.1, -0.05) is 12.1 Å². The van der Waals surface area contributed by atoms with Crippen LogP contribution in [0.1, 0.15) is 20.8 Å². The number of amides is 1. The summed E-state index contributed by atoms with van der Waals surface area (Å²) in [6.45, 7) is 6.33. The molecule has 1 aliphatic rings. The van der Waals surface area contributed by atoms with E-state index in [9.17, 15) is 9.59 Å². The Kier molecular flexibility index (Phi) is 4.27. The molecule has 1 aromatic carbocycles. The maximum Gasteiger partial charge on any atom is 0.268 e. The first-order chi connectivity index (χ1) is 9.58. The Bertz CT molecular complexity index is 510. The number of Topliss-reactive ketones (excluding diaryl/α,β-unsaturated/α-hetero) is 1. The molecule has 0 aliphatic carbocycles. The number of ether oxygens (including phenoxy) is 2. The predicted octanol–water partition coefficient (Wildman–Crippen LogP) is 1.65. The Hall–Kier alpha value is -2.04. The Labute approximate surface area is 118 Å². The molecule has 1 heterocycles. The van der Waals surface area contributed by atoms with E-state index in [0.717, 1.165) is 0 Å². The highest BCUT2D eigenvalue weighted by Gasteiger charge is 2.41. The van der Waals surface area contributed by atoms with Crippen LogP contribution in [0.5, 0.6) is 11.5 Å². The maximum atomic E-state index is 12.5. The van der Waals surface area contributed by atoms with E-state index in [2.05, 4.69) is 0 Å². The van der Waals surface area contributed by atoms with Gasteiger partial charge in [0.2, 0.25) is 12.2 Å². The van der Waals surface area contributed by atoms with Crippen LogP contribution >= 0.6 is 0 Å². The van der Waals surface area contributed by atoms with Gasteiger partial charge in [0.05, 0.1) is 0 Å². The quantitative estimate of drug-likeness (QED) is 0.839. The highest BCUT2D eigenvalue weighted by molar-refractivity contribution is 5.92. The molecule has 108 valence electrons. The third kappa shape index (κ3) is 2.61. The molecule has 0 radical (unpaired) electrons. The average Bonchev–Trinajstić information content (AvgIpc) is 2.46. The fourth-order valence-electron chi connectivity index (χ4n) is 2.23. The normalized spacial score (nSPS) is 20.4. The van der Waals surface area contributed by atoms with Crippen LogP contribution in [-0.2, 0) is 9.59 Å². The number of carbonyl (C=O) groups excluding carboxylic acids is 2. The van der Waals surface area contributed by atoms with Crippen LogP contribution < -0.4 is 9.47 Å². The van der Waals surface area contributed by atoms with E-state index in [-0.39, 0.29) is 11.7 Å². The topological polar surface area (TPSA) is 55.8 Å². The zero-order valence-corrected chi connectivity index (χ0v) is 12.0. The fourth-order valence-corrected chi connectivity index (χ4v) is 2.23. The first-order valence-corrected chi connectivity index (χ1v) is 6.80. The zero-order chi connectivity index (χ0) is 14.7. The van der Waals surface area contributed by atoms with E-state index in [1.807, 2.05) is 13.8 Å². The third-order valence-corrected chi connectivity index (χ3v) is 3.35. The van der Waals surface area contributed by atoms with Gasteiger partial charge in [0.25, 0.3) is 5.91 Å². The largest absolute Gasteiger partial charge is 0.474 e. The molecule has 2 atom stereocenters. The lowest BCUT2D eigenvalue weighted by atomic mass is 10.1. The summed E-state index contributed by atoms with van der Waals surface area (Å²) in [6, 6.07) is 7.05. The summed E-state index contributed by atoms with van der Waals surface area (Å²) in [7, 11) is 0. The number of benzene rings is 1. The Morgan fingerprint density at radius 3 is 2.00 bits per heavy atom. The summed E-state index contributed by atoms with van der Waals surface area (Å²) >= 11 is 0. The lowest BCUT2D eigenvalue weighted by Crippen LogP contribution is -2.54. The van der Waals surface area contributed by atoms with Gasteiger partial charge in [-0.05, 0) is 32.9 Å². The van der Waals surface area contributed by atoms with Crippen LogP contribution in [0.3, 0.4) is 0 Å². The molecule has 1 amide bonds. The molecule has 0 fully saturated rings. The van der Waals surface area contributed by atoms with Crippen LogP contribution in [0.4, 0.5) is 0 Å². The Morgan fingerprint density at radius 1 is 1.05 bits per heavy atom. The van der Waals surface area contributed by atoms with Crippen molar-refractivity contribution < 1.29 is 19.1 Å². The summed E-state index contributed by atoms with van der Waals surface area (Å²) in [5.41, 5.74) is 0. The van der Waals surface area contributed by atoms with Gasteiger partial charge in [-0.15, -0.1) is 0 Å². The van der Waals surface area contributed by atoms with Gasteiger partial charge in [0.1, 0.15) is 0 Å². The number of likely N-dealkylation sites (N-methyl/N-ethyl adjacent to an activating group) is 1. The summed E-state index contributed by atoms with van der Waals surface area (Å²) in [4.78, 5) is 25.8. The van der Waals surface area contributed by atoms with Gasteiger partial charge in [0, 0.05) is 13.1 Å². The summed E-state index contributed by atoms with van der Waals surface area (Å²) in [5, 5.41) is 0. The number of hydrogen-bond donors (Lipinski definition) is 0. The summed E-state index contributed by atoms with van der Waals surface area (Å²) < 4.78 is 11.4. The van der Waals surface area contributed by atoms with E-state index in [4.69, 9.17) is 9.47 Å². The van der Waals surface area contributed by atoms with Crippen molar-refractivity contribution in [3.8, 4) is 11.5 Å². The molecule has 0 saturated heterocycles. The van der Waals surface area contributed by atoms with E-state index < -0.39 is 12.2 Å². The molecule has 0 bridgehead atoms. The first-order valence-electron chi connectivity index (χ1n) is 6.80. The van der Waals surface area contributed by atoms with Crippen molar-refractivity contribution in [2.45, 2.75) is 33.0 Å². The molecule has 5 nitrogen and oxygen atoms in total. The number of fused-ring (bicyclic) bond motifs is 1. The first kappa shape index (κ1) is 14.4. The van der Waals surface area contributed by atoms with Crippen molar-refractivity contribution in [1.82, 2.24) is 4.90 Å². The minimum absolute atomic E-state index is 0.218. The maximum absolute atomic E-state index is 12.5. The number of rotatable bonds is 4. The van der Waals surface area contributed by atoms with Gasteiger partial charge < -0.3 is 14.4 Å². The standard InChI is InChI=1S/C15H19NO4/c1-4-16(5-2)15(18)14-13(10(3)17)19-11-8-6-7-9-12(11)20-14/h6-9,13-14H,4-5H2,1-3H3/t13-,14+/m0/s1. The number of ketones is 1. The molecule has 5 heteroatoms. The molecule has 0 aromatic heterocycles. The van der Waals surface area contributed by atoms with Gasteiger partial charge in [0.15, 0.2) is 17.3 Å². The minimum Gasteiger partial charge on any atom is -0.474 e. The van der Waals surface area contributed by atoms with Gasteiger partial charge in [-0.2, -0.15) is 0 Å². The summed E-state index contributed by atoms with van der Waals surface area (Å²) in [6.07, 6.45) is -1.81. The third-order valence-electron chi connectivity index (χ3n) is 3.35. The fraction of sp³-hybridized carbons (Fsp3) is 0.467. The lowest BCUT2D eigenvalue weighted by molar-refractivity contribution is -0.150. The Balaban J connectivity index is 2.31. The van der Waals surface area contributed by atoms with Crippen LogP contribution in [-0.4, -0.2) is 41.9 Å². The van der Waals surface area contributed by atoms with E-state index >= 15 is 0 Å². The zero-order valence-electron chi connectivity index (χ0n) is 12.0. The molecule has 1 aromatic rings. The number of para-hydroxylation sites is 2. The monoisotopic (exact) mass is 277 g/mol. The highest BCUT2D eigenvalue weighted by Crippen LogP contribution is 2.34. The van der Waals surface area contributed by atoms with Crippen molar-refractivity contribution in [3.05, 3.63) is 24.3 Å². The van der Waals surface area contributed by atoms with Crippen molar-refractivity contribution in [2.24, 2.45) is 0 Å². The molecular formula is C15H19NO4. The van der Waals surface area contributed by atoms with Crippen LogP contribution in [0.15, 0.2) is 24.3 Å². The Morgan fingerprint density at radius 2 is 1.55 bits per heavy atom. The molecule has 2 rings (SSSR count). The highest BCUT2D eigenvalue weighted by atomic mass is 16.6. The van der Waals surface area contributed by atoms with Gasteiger partial charge >= 0.3 is 0 Å². The molecule has 0 N–H and O–H groups in total. The molecule has 0 saturated carbocycles. The molecule has 20 heavy (non-hydrogen) atoms. The van der Waals surface area contributed by atoms with Crippen molar-refractivity contribution in [2.75, 3.05) is 13.1 Å². The number of carbonyl (C=O) groups is 2. The van der Waals surface area contributed by atoms with E-state index in [1.165, 1.54) is 6.92 Å². The van der Waals surface area contributed by atoms with Gasteiger partial charge in [-0.3, -0.25) is 9.59 Å². The molecule has 0 spiro atoms. The minimum atomic E-state index is -0.915. The molecule has 1 aliphatic heterocycles. The van der Waals surface area contributed by atoms with Crippen LogP contribution in [0.2, 0.25) is 0 Å². The number of nitrogens with zero attached hydrogens (tertiary/aromatic N) is 1. The average molecular weight is 277 g/mol. The smallest absolute Gasteiger partial charge is 0.268 e. The van der Waals surface area contributed by atoms with Gasteiger partial charge in [-0.25, -0.2) is 0 Å². The van der Waals surface area contributed by atoms with E-state index in [1.54, 1.807) is 29.2 Å². The predicted molar refractivity (Wildman–Crippen MR) is 73.9 cm³/mol. The SMILES string of the molecule is CCN(CC)C(=O)[C@@H]1Oc2ccccc2O[C@H]1C(C)=O. The number of hydrogen-bond acceptors (Lipinski definition) is 4. The second kappa shape index (κ2) is 5.94. The molecule has 0 unspecified atom stereocenters. The van der Waals surface area contributed by atoms with Crippen molar-refractivity contribution in [3.63, 3.8) is 0 Å². The van der Waals surface area contributed by atoms with Crippen LogP contribution in [0, 0.1) is 0 Å². The second-order valence-corrected chi connectivity index (χ2v) is 4.64. The van der Waals surface area contributed by atoms with Crippen LogP contribution in [0.25, 0.3) is 0 Å². The second-order valence-electron chi connectivity index (χ2n) is 4.64. The van der Waals surface area contributed by atoms with Crippen molar-refractivity contribution in [1.29, 1.82) is 0 Å².